The minimum absolute atomic E-state index is 0.00718. The summed E-state index contributed by atoms with van der Waals surface area (Å²) in [4.78, 5) is 22.3. The summed E-state index contributed by atoms with van der Waals surface area (Å²) in [6.45, 7) is 5.12. The molecule has 0 saturated carbocycles. The molecule has 0 aliphatic heterocycles. The van der Waals surface area contributed by atoms with Crippen molar-refractivity contribution in [2.75, 3.05) is 12.0 Å². The summed E-state index contributed by atoms with van der Waals surface area (Å²) in [6.07, 6.45) is 0. The Morgan fingerprint density at radius 1 is 1.22 bits per heavy atom. The van der Waals surface area contributed by atoms with Crippen LogP contribution in [0.2, 0.25) is 0 Å². The molecule has 1 aromatic carbocycles. The van der Waals surface area contributed by atoms with E-state index < -0.39 is 5.97 Å². The molecule has 0 radical (unpaired) electrons. The lowest BCUT2D eigenvalue weighted by Gasteiger charge is -2.03. The van der Waals surface area contributed by atoms with Crippen molar-refractivity contribution in [3.05, 3.63) is 29.8 Å². The maximum Gasteiger partial charge on any atom is 0.354 e. The number of nitrogens with zero attached hydrogens (tertiary/aromatic N) is 1. The van der Waals surface area contributed by atoms with E-state index in [-0.39, 0.29) is 11.5 Å². The molecule has 0 heterocycles. The number of ketones is 1. The van der Waals surface area contributed by atoms with Crippen LogP contribution in [0.1, 0.15) is 31.1 Å². The number of benzene rings is 1. The second-order valence-corrected chi connectivity index (χ2v) is 3.66. The lowest BCUT2D eigenvalue weighted by molar-refractivity contribution is -0.135. The molecule has 0 aliphatic rings. The molecule has 0 bridgehead atoms. The van der Waals surface area contributed by atoms with Gasteiger partial charge in [0.25, 0.3) is 0 Å². The SMILES string of the molecule is CCOC(=O)/C(C)=N/Nc1ccc(C(C)=O)cc1. The fraction of sp³-hybridized carbons (Fsp3) is 0.308. The summed E-state index contributed by atoms with van der Waals surface area (Å²) in [5, 5.41) is 3.89. The predicted octanol–water partition coefficient (Wildman–Crippen LogP) is 2.24. The number of hydrogen-bond donors (Lipinski definition) is 1. The fourth-order valence-corrected chi connectivity index (χ4v) is 1.21. The van der Waals surface area contributed by atoms with Gasteiger partial charge in [-0.1, -0.05) is 0 Å². The topological polar surface area (TPSA) is 67.8 Å². The maximum atomic E-state index is 11.3. The number of hydrogen-bond acceptors (Lipinski definition) is 5. The Kier molecular flexibility index (Phi) is 5.05. The highest BCUT2D eigenvalue weighted by atomic mass is 16.5. The van der Waals surface area contributed by atoms with E-state index in [9.17, 15) is 9.59 Å². The standard InChI is InChI=1S/C13H16N2O3/c1-4-18-13(17)9(2)14-15-12-7-5-11(6-8-12)10(3)16/h5-8,15H,4H2,1-3H3/b14-9+. The van der Waals surface area contributed by atoms with Gasteiger partial charge >= 0.3 is 5.97 Å². The summed E-state index contributed by atoms with van der Waals surface area (Å²) >= 11 is 0. The van der Waals surface area contributed by atoms with Crippen LogP contribution >= 0.6 is 0 Å². The smallest absolute Gasteiger partial charge is 0.354 e. The monoisotopic (exact) mass is 248 g/mol. The van der Waals surface area contributed by atoms with Gasteiger partial charge < -0.3 is 4.74 Å². The zero-order valence-corrected chi connectivity index (χ0v) is 10.7. The number of esters is 1. The molecule has 0 atom stereocenters. The van der Waals surface area contributed by atoms with Gasteiger partial charge in [0.2, 0.25) is 0 Å². The van der Waals surface area contributed by atoms with E-state index in [0.29, 0.717) is 17.9 Å². The van der Waals surface area contributed by atoms with Crippen molar-refractivity contribution in [2.24, 2.45) is 5.10 Å². The van der Waals surface area contributed by atoms with Crippen molar-refractivity contribution in [3.8, 4) is 0 Å². The van der Waals surface area contributed by atoms with Gasteiger partial charge in [-0.3, -0.25) is 10.2 Å². The molecule has 1 aromatic rings. The van der Waals surface area contributed by atoms with Crippen molar-refractivity contribution in [1.29, 1.82) is 0 Å². The highest BCUT2D eigenvalue weighted by Gasteiger charge is 2.05. The third kappa shape index (κ3) is 4.01. The first kappa shape index (κ1) is 13.9. The molecule has 0 aromatic heterocycles. The van der Waals surface area contributed by atoms with Crippen LogP contribution in [0.5, 0.6) is 0 Å². The Morgan fingerprint density at radius 3 is 2.33 bits per heavy atom. The Labute approximate surface area is 106 Å². The quantitative estimate of drug-likeness (QED) is 0.375. The fourth-order valence-electron chi connectivity index (χ4n) is 1.21. The Hall–Kier alpha value is -2.17. The molecule has 0 fully saturated rings. The second-order valence-electron chi connectivity index (χ2n) is 3.66. The van der Waals surface area contributed by atoms with Gasteiger partial charge in [0.05, 0.1) is 12.3 Å². The van der Waals surface area contributed by atoms with Gasteiger partial charge in [-0.15, -0.1) is 0 Å². The molecule has 1 N–H and O–H groups in total. The number of rotatable bonds is 5. The highest BCUT2D eigenvalue weighted by Crippen LogP contribution is 2.09. The summed E-state index contributed by atoms with van der Waals surface area (Å²) in [5.41, 5.74) is 4.30. The third-order valence-electron chi connectivity index (χ3n) is 2.21. The average molecular weight is 248 g/mol. The van der Waals surface area contributed by atoms with Crippen LogP contribution < -0.4 is 5.43 Å². The average Bonchev–Trinajstić information content (AvgIpc) is 2.36. The zero-order valence-electron chi connectivity index (χ0n) is 10.7. The summed E-state index contributed by atoms with van der Waals surface area (Å²) in [7, 11) is 0. The van der Waals surface area contributed by atoms with Crippen LogP contribution in [0.25, 0.3) is 0 Å². The van der Waals surface area contributed by atoms with Crippen LogP contribution in [-0.4, -0.2) is 24.1 Å². The molecule has 96 valence electrons. The van der Waals surface area contributed by atoms with E-state index >= 15 is 0 Å². The van der Waals surface area contributed by atoms with Gasteiger partial charge in [0.15, 0.2) is 5.78 Å². The van der Waals surface area contributed by atoms with Crippen LogP contribution in [0.3, 0.4) is 0 Å². The van der Waals surface area contributed by atoms with E-state index in [2.05, 4.69) is 10.5 Å². The summed E-state index contributed by atoms with van der Waals surface area (Å²) < 4.78 is 4.79. The number of Topliss-reactive ketones (excluding diaryl/α,β-unsaturated/α-hetero) is 1. The van der Waals surface area contributed by atoms with E-state index in [1.165, 1.54) is 6.92 Å². The lowest BCUT2D eigenvalue weighted by Crippen LogP contribution is -2.15. The Balaban J connectivity index is 2.65. The molecule has 5 heteroatoms. The normalized spacial score (nSPS) is 10.9. The van der Waals surface area contributed by atoms with Crippen molar-refractivity contribution in [3.63, 3.8) is 0 Å². The third-order valence-corrected chi connectivity index (χ3v) is 2.21. The number of nitrogens with one attached hydrogen (secondary N) is 1. The molecule has 0 saturated heterocycles. The summed E-state index contributed by atoms with van der Waals surface area (Å²) in [6, 6.07) is 6.83. The number of carbonyl (C=O) groups excluding carboxylic acids is 2. The lowest BCUT2D eigenvalue weighted by atomic mass is 10.1. The minimum Gasteiger partial charge on any atom is -0.461 e. The van der Waals surface area contributed by atoms with E-state index in [0.717, 1.165) is 0 Å². The molecule has 0 aliphatic carbocycles. The van der Waals surface area contributed by atoms with Crippen LogP contribution in [0.15, 0.2) is 29.4 Å². The molecule has 5 nitrogen and oxygen atoms in total. The Morgan fingerprint density at radius 2 is 1.83 bits per heavy atom. The maximum absolute atomic E-state index is 11.3. The van der Waals surface area contributed by atoms with Crippen LogP contribution in [0, 0.1) is 0 Å². The summed E-state index contributed by atoms with van der Waals surface area (Å²) in [5.74, 6) is -0.446. The van der Waals surface area contributed by atoms with E-state index in [4.69, 9.17) is 4.74 Å². The molecular weight excluding hydrogens is 232 g/mol. The molecule has 0 spiro atoms. The first-order valence-electron chi connectivity index (χ1n) is 5.63. The number of hydrazone groups is 1. The molecule has 18 heavy (non-hydrogen) atoms. The van der Waals surface area contributed by atoms with Gasteiger partial charge in [-0.05, 0) is 45.0 Å². The van der Waals surface area contributed by atoms with Crippen molar-refractivity contribution in [2.45, 2.75) is 20.8 Å². The number of carbonyl (C=O) groups is 2. The molecule has 1 rings (SSSR count). The van der Waals surface area contributed by atoms with Crippen LogP contribution in [-0.2, 0) is 9.53 Å². The van der Waals surface area contributed by atoms with Crippen molar-refractivity contribution >= 4 is 23.2 Å². The number of ether oxygens (including phenoxy) is 1. The minimum atomic E-state index is -0.453. The highest BCUT2D eigenvalue weighted by molar-refractivity contribution is 6.35. The molecule has 0 amide bonds. The number of anilines is 1. The van der Waals surface area contributed by atoms with Crippen molar-refractivity contribution < 1.29 is 14.3 Å². The second kappa shape index (κ2) is 6.54. The zero-order chi connectivity index (χ0) is 13.5. The van der Waals surface area contributed by atoms with Gasteiger partial charge in [-0.25, -0.2) is 4.79 Å². The molecule has 0 unspecified atom stereocenters. The molecular formula is C13H16N2O3. The van der Waals surface area contributed by atoms with Crippen molar-refractivity contribution in [1.82, 2.24) is 0 Å². The van der Waals surface area contributed by atoms with Gasteiger partial charge in [-0.2, -0.15) is 5.10 Å². The van der Waals surface area contributed by atoms with Crippen LogP contribution in [0.4, 0.5) is 5.69 Å². The van der Waals surface area contributed by atoms with E-state index in [1.807, 2.05) is 0 Å². The first-order chi connectivity index (χ1) is 8.54. The van der Waals surface area contributed by atoms with Gasteiger partial charge in [0.1, 0.15) is 5.71 Å². The Bertz CT molecular complexity index is 464. The van der Waals surface area contributed by atoms with Gasteiger partial charge in [0, 0.05) is 5.56 Å². The predicted molar refractivity (Wildman–Crippen MR) is 69.8 cm³/mol. The largest absolute Gasteiger partial charge is 0.461 e. The van der Waals surface area contributed by atoms with E-state index in [1.54, 1.807) is 38.1 Å². The first-order valence-corrected chi connectivity index (χ1v) is 5.63.